The molecule has 2 aromatic carbocycles. The van der Waals surface area contributed by atoms with Crippen LogP contribution in [0.1, 0.15) is 37.4 Å². The van der Waals surface area contributed by atoms with Gasteiger partial charge in [0.1, 0.15) is 11.4 Å². The minimum Gasteiger partial charge on any atom is -0.494 e. The quantitative estimate of drug-likeness (QED) is 0.332. The van der Waals surface area contributed by atoms with Crippen LogP contribution in [-0.4, -0.2) is 28.7 Å². The number of ether oxygens (including phenoxy) is 1. The van der Waals surface area contributed by atoms with Crippen LogP contribution >= 0.6 is 0 Å². The summed E-state index contributed by atoms with van der Waals surface area (Å²) in [5.41, 5.74) is 4.75. The van der Waals surface area contributed by atoms with Crippen molar-refractivity contribution in [3.8, 4) is 5.75 Å². The molecule has 1 aromatic heterocycles. The molecule has 0 aliphatic carbocycles. The Morgan fingerprint density at radius 2 is 2.00 bits per heavy atom. The van der Waals surface area contributed by atoms with Crippen molar-refractivity contribution in [1.29, 1.82) is 0 Å². The van der Waals surface area contributed by atoms with Gasteiger partial charge in [-0.3, -0.25) is 9.59 Å². The number of carbonyl (C=O) groups is 1. The third-order valence-corrected chi connectivity index (χ3v) is 4.31. The fraction of sp³-hybridized carbons (Fsp3) is 0.273. The van der Waals surface area contributed by atoms with Gasteiger partial charge in [0.05, 0.1) is 23.9 Å². The van der Waals surface area contributed by atoms with Gasteiger partial charge in [0.15, 0.2) is 0 Å². The van der Waals surface area contributed by atoms with Gasteiger partial charge in [-0.25, -0.2) is 10.4 Å². The van der Waals surface area contributed by atoms with Crippen LogP contribution in [0.3, 0.4) is 0 Å². The van der Waals surface area contributed by atoms with Crippen LogP contribution < -0.4 is 15.7 Å². The van der Waals surface area contributed by atoms with Gasteiger partial charge in [0, 0.05) is 12.8 Å². The largest absolute Gasteiger partial charge is 0.494 e. The van der Waals surface area contributed by atoms with E-state index < -0.39 is 0 Å². The standard InChI is InChI=1S/C22H24N4O3/c1-2-3-14-29-17-10-8-16(9-11-17)15-23-26-21(27)13-12-20-22(28)25-19-7-5-4-6-18(19)24-20/h4-11,15H,2-3,12-14H2,1H3,(H,25,28)(H,26,27)/b23-15+. The van der Waals surface area contributed by atoms with E-state index in [1.54, 1.807) is 12.3 Å². The SMILES string of the molecule is CCCCOc1ccc(/C=N/NC(=O)CCc2nc3ccccc3[nH]c2=O)cc1. The van der Waals surface area contributed by atoms with Gasteiger partial charge < -0.3 is 9.72 Å². The number of hydrazone groups is 1. The Morgan fingerprint density at radius 1 is 1.21 bits per heavy atom. The van der Waals surface area contributed by atoms with Crippen LogP contribution in [0.5, 0.6) is 5.75 Å². The van der Waals surface area contributed by atoms with Gasteiger partial charge in [-0.15, -0.1) is 0 Å². The number of rotatable bonds is 9. The maximum atomic E-state index is 12.1. The number of nitrogens with zero attached hydrogens (tertiary/aromatic N) is 2. The number of benzene rings is 2. The van der Waals surface area contributed by atoms with E-state index >= 15 is 0 Å². The number of aromatic nitrogens is 2. The number of fused-ring (bicyclic) bond motifs is 1. The molecule has 0 saturated carbocycles. The molecule has 3 rings (SSSR count). The van der Waals surface area contributed by atoms with Crippen molar-refractivity contribution in [3.63, 3.8) is 0 Å². The summed E-state index contributed by atoms with van der Waals surface area (Å²) in [6.45, 7) is 2.82. The maximum absolute atomic E-state index is 12.1. The van der Waals surface area contributed by atoms with Crippen LogP contribution in [0.25, 0.3) is 11.0 Å². The van der Waals surface area contributed by atoms with E-state index in [0.717, 1.165) is 24.2 Å². The molecule has 0 unspecified atom stereocenters. The minimum absolute atomic E-state index is 0.121. The van der Waals surface area contributed by atoms with Gasteiger partial charge >= 0.3 is 0 Å². The van der Waals surface area contributed by atoms with E-state index in [-0.39, 0.29) is 24.3 Å². The highest BCUT2D eigenvalue weighted by Crippen LogP contribution is 2.11. The zero-order chi connectivity index (χ0) is 20.5. The molecule has 0 spiro atoms. The second-order valence-corrected chi connectivity index (χ2v) is 6.59. The first-order chi connectivity index (χ1) is 14.2. The lowest BCUT2D eigenvalue weighted by Crippen LogP contribution is -2.21. The highest BCUT2D eigenvalue weighted by atomic mass is 16.5. The number of hydrogen-bond donors (Lipinski definition) is 2. The van der Waals surface area contributed by atoms with Gasteiger partial charge in [-0.05, 0) is 48.4 Å². The molecule has 0 atom stereocenters. The zero-order valence-corrected chi connectivity index (χ0v) is 16.4. The average molecular weight is 392 g/mol. The molecule has 1 amide bonds. The maximum Gasteiger partial charge on any atom is 0.270 e. The molecule has 7 nitrogen and oxygen atoms in total. The molecule has 0 aliphatic rings. The Hall–Kier alpha value is -3.48. The molecular formula is C22H24N4O3. The van der Waals surface area contributed by atoms with Crippen molar-refractivity contribution in [2.24, 2.45) is 5.10 Å². The molecular weight excluding hydrogens is 368 g/mol. The molecule has 150 valence electrons. The number of amides is 1. The van der Waals surface area contributed by atoms with E-state index in [1.807, 2.05) is 42.5 Å². The second kappa shape index (κ2) is 10.2. The summed E-state index contributed by atoms with van der Waals surface area (Å²) in [6, 6.07) is 14.8. The lowest BCUT2D eigenvalue weighted by molar-refractivity contribution is -0.121. The van der Waals surface area contributed by atoms with Crippen molar-refractivity contribution in [3.05, 3.63) is 70.1 Å². The number of H-pyrrole nitrogens is 1. The van der Waals surface area contributed by atoms with E-state index in [0.29, 0.717) is 23.3 Å². The van der Waals surface area contributed by atoms with Crippen LogP contribution in [0, 0.1) is 0 Å². The molecule has 2 N–H and O–H groups in total. The number of nitrogens with one attached hydrogen (secondary N) is 2. The van der Waals surface area contributed by atoms with Crippen molar-refractivity contribution in [2.45, 2.75) is 32.6 Å². The Morgan fingerprint density at radius 3 is 2.79 bits per heavy atom. The normalized spacial score (nSPS) is 11.1. The topological polar surface area (TPSA) is 96.4 Å². The lowest BCUT2D eigenvalue weighted by Gasteiger charge is -2.05. The summed E-state index contributed by atoms with van der Waals surface area (Å²) < 4.78 is 5.61. The van der Waals surface area contributed by atoms with Crippen molar-refractivity contribution in [2.75, 3.05) is 6.61 Å². The predicted octanol–water partition coefficient (Wildman–Crippen LogP) is 3.18. The monoisotopic (exact) mass is 392 g/mol. The molecule has 29 heavy (non-hydrogen) atoms. The first-order valence-corrected chi connectivity index (χ1v) is 9.68. The van der Waals surface area contributed by atoms with Crippen LogP contribution in [0.15, 0.2) is 58.4 Å². The van der Waals surface area contributed by atoms with E-state index in [2.05, 4.69) is 27.4 Å². The van der Waals surface area contributed by atoms with E-state index in [4.69, 9.17) is 4.74 Å². The first kappa shape index (κ1) is 20.3. The smallest absolute Gasteiger partial charge is 0.270 e. The van der Waals surface area contributed by atoms with Gasteiger partial charge in [-0.1, -0.05) is 25.5 Å². The summed E-state index contributed by atoms with van der Waals surface area (Å²) in [5, 5.41) is 3.96. The summed E-state index contributed by atoms with van der Waals surface area (Å²) in [7, 11) is 0. The highest BCUT2D eigenvalue weighted by molar-refractivity contribution is 5.82. The summed E-state index contributed by atoms with van der Waals surface area (Å²) in [5.74, 6) is 0.530. The first-order valence-electron chi connectivity index (χ1n) is 9.68. The van der Waals surface area contributed by atoms with Gasteiger partial charge in [0.25, 0.3) is 5.56 Å². The van der Waals surface area contributed by atoms with Gasteiger partial charge in [0.2, 0.25) is 5.91 Å². The number of para-hydroxylation sites is 2. The highest BCUT2D eigenvalue weighted by Gasteiger charge is 2.07. The molecule has 0 fully saturated rings. The third kappa shape index (κ3) is 6.00. The fourth-order valence-corrected chi connectivity index (χ4v) is 2.69. The minimum atomic E-state index is -0.282. The number of aryl methyl sites for hydroxylation is 1. The molecule has 0 aliphatic heterocycles. The molecule has 3 aromatic rings. The average Bonchev–Trinajstić information content (AvgIpc) is 2.73. The summed E-state index contributed by atoms with van der Waals surface area (Å²) in [4.78, 5) is 31.2. The summed E-state index contributed by atoms with van der Waals surface area (Å²) in [6.07, 6.45) is 4.04. The fourth-order valence-electron chi connectivity index (χ4n) is 2.69. The Labute approximate surface area is 168 Å². The van der Waals surface area contributed by atoms with Crippen LogP contribution in [-0.2, 0) is 11.2 Å². The van der Waals surface area contributed by atoms with E-state index in [1.165, 1.54) is 0 Å². The Bertz CT molecular complexity index is 1040. The number of hydrogen-bond acceptors (Lipinski definition) is 5. The number of carbonyl (C=O) groups excluding carboxylic acids is 1. The van der Waals surface area contributed by atoms with Crippen molar-refractivity contribution >= 4 is 23.2 Å². The number of aromatic amines is 1. The Kier molecular flexibility index (Phi) is 7.10. The third-order valence-electron chi connectivity index (χ3n) is 4.31. The Balaban J connectivity index is 1.48. The van der Waals surface area contributed by atoms with Crippen LogP contribution in [0.4, 0.5) is 0 Å². The lowest BCUT2D eigenvalue weighted by atomic mass is 10.2. The zero-order valence-electron chi connectivity index (χ0n) is 16.4. The molecule has 0 bridgehead atoms. The number of unbranched alkanes of at least 4 members (excludes halogenated alkanes) is 1. The van der Waals surface area contributed by atoms with Crippen molar-refractivity contribution in [1.82, 2.24) is 15.4 Å². The molecule has 0 saturated heterocycles. The van der Waals surface area contributed by atoms with Gasteiger partial charge in [-0.2, -0.15) is 5.10 Å². The van der Waals surface area contributed by atoms with E-state index in [9.17, 15) is 9.59 Å². The molecule has 1 heterocycles. The van der Waals surface area contributed by atoms with Crippen LogP contribution in [0.2, 0.25) is 0 Å². The molecule has 7 heteroatoms. The van der Waals surface area contributed by atoms with Crippen molar-refractivity contribution < 1.29 is 9.53 Å². The predicted molar refractivity (Wildman–Crippen MR) is 113 cm³/mol. The second-order valence-electron chi connectivity index (χ2n) is 6.59. The summed E-state index contributed by atoms with van der Waals surface area (Å²) >= 11 is 0. The molecule has 0 radical (unpaired) electrons.